The van der Waals surface area contributed by atoms with Crippen molar-refractivity contribution >= 4 is 17.6 Å². The number of nitrogens with one attached hydrogen (secondary N) is 1. The van der Waals surface area contributed by atoms with Crippen LogP contribution in [0.3, 0.4) is 0 Å². The smallest absolute Gasteiger partial charge is 0.339 e. The summed E-state index contributed by atoms with van der Waals surface area (Å²) >= 11 is 0. The molecule has 1 aromatic rings. The maximum Gasteiger partial charge on any atom is 0.339 e. The van der Waals surface area contributed by atoms with Crippen LogP contribution in [0.5, 0.6) is 0 Å². The Morgan fingerprint density at radius 2 is 2.14 bits per heavy atom. The van der Waals surface area contributed by atoms with Crippen LogP contribution in [-0.4, -0.2) is 43.5 Å². The Morgan fingerprint density at radius 3 is 2.86 bits per heavy atom. The molecule has 5 nitrogen and oxygen atoms in total. The van der Waals surface area contributed by atoms with Crippen molar-refractivity contribution in [3.63, 3.8) is 0 Å². The van der Waals surface area contributed by atoms with Gasteiger partial charge in [0.25, 0.3) is 0 Å². The van der Waals surface area contributed by atoms with Crippen molar-refractivity contribution in [3.05, 3.63) is 29.8 Å². The van der Waals surface area contributed by atoms with E-state index in [1.54, 1.807) is 24.3 Å². The number of anilines is 1. The van der Waals surface area contributed by atoms with E-state index >= 15 is 0 Å². The third-order valence-electron chi connectivity index (χ3n) is 3.71. The molecule has 1 aromatic carbocycles. The summed E-state index contributed by atoms with van der Waals surface area (Å²) in [5, 5.41) is 2.81. The summed E-state index contributed by atoms with van der Waals surface area (Å²) in [6, 6.07) is 6.88. The highest BCUT2D eigenvalue weighted by atomic mass is 16.5. The summed E-state index contributed by atoms with van der Waals surface area (Å²) in [5.41, 5.74) is 0.875. The number of carbonyl (C=O) groups excluding carboxylic acids is 2. The molecule has 1 aliphatic heterocycles. The average Bonchev–Trinajstić information content (AvgIpc) is 2.47. The zero-order valence-electron chi connectivity index (χ0n) is 12.6. The van der Waals surface area contributed by atoms with E-state index in [1.807, 2.05) is 0 Å². The summed E-state index contributed by atoms with van der Waals surface area (Å²) in [7, 11) is 1.33. The molecule has 0 aromatic heterocycles. The van der Waals surface area contributed by atoms with Gasteiger partial charge in [-0.05, 0) is 37.4 Å². The zero-order valence-corrected chi connectivity index (χ0v) is 12.6. The topological polar surface area (TPSA) is 58.6 Å². The molecule has 2 rings (SSSR count). The number of ether oxygens (including phenoxy) is 1. The van der Waals surface area contributed by atoms with Gasteiger partial charge in [0.15, 0.2) is 0 Å². The largest absolute Gasteiger partial charge is 0.465 e. The summed E-state index contributed by atoms with van der Waals surface area (Å²) in [5.74, 6) is 0.0897. The van der Waals surface area contributed by atoms with E-state index in [4.69, 9.17) is 4.74 Å². The average molecular weight is 290 g/mol. The molecule has 0 unspecified atom stereocenters. The van der Waals surface area contributed by atoms with E-state index in [9.17, 15) is 9.59 Å². The van der Waals surface area contributed by atoms with Gasteiger partial charge in [-0.15, -0.1) is 0 Å². The van der Waals surface area contributed by atoms with Gasteiger partial charge < -0.3 is 10.1 Å². The molecule has 1 fully saturated rings. The molecule has 114 valence electrons. The lowest BCUT2D eigenvalue weighted by atomic mass is 10.0. The number of rotatable bonds is 4. The first-order valence-corrected chi connectivity index (χ1v) is 7.29. The number of hydrogen-bond acceptors (Lipinski definition) is 4. The number of benzene rings is 1. The molecule has 5 heteroatoms. The minimum atomic E-state index is -0.447. The summed E-state index contributed by atoms with van der Waals surface area (Å²) in [6.45, 7) is 4.47. The molecular weight excluding hydrogens is 268 g/mol. The first kappa shape index (κ1) is 15.5. The van der Waals surface area contributed by atoms with Gasteiger partial charge in [0.1, 0.15) is 0 Å². The minimum absolute atomic E-state index is 0.0968. The van der Waals surface area contributed by atoms with Gasteiger partial charge >= 0.3 is 5.97 Å². The van der Waals surface area contributed by atoms with Crippen LogP contribution in [0.1, 0.15) is 30.1 Å². The number of likely N-dealkylation sites (tertiary alicyclic amines) is 1. The van der Waals surface area contributed by atoms with Crippen LogP contribution in [0, 0.1) is 5.92 Å². The van der Waals surface area contributed by atoms with E-state index in [0.717, 1.165) is 19.5 Å². The lowest BCUT2D eigenvalue weighted by Gasteiger charge is -2.30. The first-order chi connectivity index (χ1) is 10.1. The van der Waals surface area contributed by atoms with Gasteiger partial charge in [0.2, 0.25) is 5.91 Å². The van der Waals surface area contributed by atoms with Gasteiger partial charge in [-0.1, -0.05) is 19.1 Å². The molecular formula is C16H22N2O3. The van der Waals surface area contributed by atoms with Gasteiger partial charge in [-0.25, -0.2) is 4.79 Å². The Morgan fingerprint density at radius 1 is 1.38 bits per heavy atom. The SMILES string of the molecule is COC(=O)c1ccccc1NC(=O)CN1CCC[C@@H](C)C1. The molecule has 0 aliphatic carbocycles. The third-order valence-corrected chi connectivity index (χ3v) is 3.71. The Balaban J connectivity index is 1.98. The Kier molecular flexibility index (Phi) is 5.33. The molecule has 1 amide bonds. The number of carbonyl (C=O) groups is 2. The molecule has 0 spiro atoms. The van der Waals surface area contributed by atoms with Crippen molar-refractivity contribution in [2.24, 2.45) is 5.92 Å². The van der Waals surface area contributed by atoms with E-state index in [-0.39, 0.29) is 5.91 Å². The number of nitrogens with zero attached hydrogens (tertiary/aromatic N) is 1. The lowest BCUT2D eigenvalue weighted by Crippen LogP contribution is -2.39. The van der Waals surface area contributed by atoms with Crippen LogP contribution in [0.2, 0.25) is 0 Å². The Bertz CT molecular complexity index is 516. The van der Waals surface area contributed by atoms with E-state index in [1.165, 1.54) is 13.5 Å². The fraction of sp³-hybridized carbons (Fsp3) is 0.500. The first-order valence-electron chi connectivity index (χ1n) is 7.29. The molecule has 1 heterocycles. The number of piperidine rings is 1. The molecule has 1 saturated heterocycles. The molecule has 0 bridgehead atoms. The summed E-state index contributed by atoms with van der Waals surface area (Å²) in [4.78, 5) is 26.0. The molecule has 0 radical (unpaired) electrons. The number of hydrogen-bond donors (Lipinski definition) is 1. The second kappa shape index (κ2) is 7.22. The molecule has 1 atom stereocenters. The fourth-order valence-electron chi connectivity index (χ4n) is 2.70. The van der Waals surface area contributed by atoms with Crippen molar-refractivity contribution in [2.45, 2.75) is 19.8 Å². The second-order valence-corrected chi connectivity index (χ2v) is 5.57. The van der Waals surface area contributed by atoms with Crippen LogP contribution in [0.15, 0.2) is 24.3 Å². The number of esters is 1. The van der Waals surface area contributed by atoms with Crippen molar-refractivity contribution in [3.8, 4) is 0 Å². The fourth-order valence-corrected chi connectivity index (χ4v) is 2.70. The van der Waals surface area contributed by atoms with Crippen molar-refractivity contribution in [1.82, 2.24) is 4.90 Å². The van der Waals surface area contributed by atoms with Gasteiger partial charge in [0.05, 0.1) is 24.9 Å². The zero-order chi connectivity index (χ0) is 15.2. The van der Waals surface area contributed by atoms with E-state index < -0.39 is 5.97 Å². The van der Waals surface area contributed by atoms with E-state index in [0.29, 0.717) is 23.7 Å². The molecule has 0 saturated carbocycles. The maximum atomic E-state index is 12.1. The van der Waals surface area contributed by atoms with Crippen molar-refractivity contribution < 1.29 is 14.3 Å². The number of methoxy groups -OCH3 is 1. The van der Waals surface area contributed by atoms with Crippen LogP contribution in [0.25, 0.3) is 0 Å². The predicted octanol–water partition coefficient (Wildman–Crippen LogP) is 2.14. The number of para-hydroxylation sites is 1. The predicted molar refractivity (Wildman–Crippen MR) is 81.2 cm³/mol. The van der Waals surface area contributed by atoms with Crippen LogP contribution in [0.4, 0.5) is 5.69 Å². The third kappa shape index (κ3) is 4.29. The summed E-state index contributed by atoms with van der Waals surface area (Å²) < 4.78 is 4.72. The van der Waals surface area contributed by atoms with Crippen molar-refractivity contribution in [2.75, 3.05) is 32.1 Å². The molecule has 21 heavy (non-hydrogen) atoms. The van der Waals surface area contributed by atoms with Gasteiger partial charge in [0, 0.05) is 6.54 Å². The quantitative estimate of drug-likeness (QED) is 0.863. The van der Waals surface area contributed by atoms with Crippen molar-refractivity contribution in [1.29, 1.82) is 0 Å². The highest BCUT2D eigenvalue weighted by Gasteiger charge is 2.19. The highest BCUT2D eigenvalue weighted by Crippen LogP contribution is 2.17. The standard InChI is InChI=1S/C16H22N2O3/c1-12-6-5-9-18(10-12)11-15(19)17-14-8-4-3-7-13(14)16(20)21-2/h3-4,7-8,12H,5-6,9-11H2,1-2H3,(H,17,19)/t12-/m1/s1. The highest BCUT2D eigenvalue weighted by molar-refractivity contribution is 6.01. The second-order valence-electron chi connectivity index (χ2n) is 5.57. The monoisotopic (exact) mass is 290 g/mol. The molecule has 1 N–H and O–H groups in total. The van der Waals surface area contributed by atoms with Crippen LogP contribution >= 0.6 is 0 Å². The minimum Gasteiger partial charge on any atom is -0.465 e. The van der Waals surface area contributed by atoms with Gasteiger partial charge in [-0.3, -0.25) is 9.69 Å². The van der Waals surface area contributed by atoms with Crippen LogP contribution < -0.4 is 5.32 Å². The maximum absolute atomic E-state index is 12.1. The van der Waals surface area contributed by atoms with Crippen LogP contribution in [-0.2, 0) is 9.53 Å². The number of amides is 1. The lowest BCUT2D eigenvalue weighted by molar-refractivity contribution is -0.117. The van der Waals surface area contributed by atoms with Gasteiger partial charge in [-0.2, -0.15) is 0 Å². The Hall–Kier alpha value is -1.88. The normalized spacial score (nSPS) is 19.0. The molecule has 1 aliphatic rings. The Labute approximate surface area is 125 Å². The summed E-state index contributed by atoms with van der Waals surface area (Å²) in [6.07, 6.45) is 2.36. The van der Waals surface area contributed by atoms with E-state index in [2.05, 4.69) is 17.1 Å².